The molecule has 0 unspecified atom stereocenters. The molecule has 0 aromatic heterocycles. The summed E-state index contributed by atoms with van der Waals surface area (Å²) in [5.41, 5.74) is 0.0985. The summed E-state index contributed by atoms with van der Waals surface area (Å²) in [5, 5.41) is 3.39. The Kier molecular flexibility index (Phi) is 5.49. The van der Waals surface area contributed by atoms with Crippen LogP contribution in [-0.4, -0.2) is 61.4 Å². The molecule has 0 radical (unpaired) electrons. The highest BCUT2D eigenvalue weighted by molar-refractivity contribution is 5.91. The standard InChI is InChI=1S/C18H25N3O3/c1-5-16(22)21-11-9-18(10-12-21,17(23)20(2)3)19-14-7-6-8-15(13-14)24-4/h5-8,13,19H,1,9-12H2,2-4H3. The number of ether oxygens (including phenoxy) is 1. The van der Waals surface area contributed by atoms with E-state index < -0.39 is 5.54 Å². The second-order valence-electron chi connectivity index (χ2n) is 6.17. The second-order valence-corrected chi connectivity index (χ2v) is 6.17. The van der Waals surface area contributed by atoms with Crippen molar-refractivity contribution in [2.45, 2.75) is 18.4 Å². The van der Waals surface area contributed by atoms with Gasteiger partial charge in [0.15, 0.2) is 0 Å². The van der Waals surface area contributed by atoms with Gasteiger partial charge < -0.3 is 19.9 Å². The zero-order valence-electron chi connectivity index (χ0n) is 14.5. The van der Waals surface area contributed by atoms with Crippen molar-refractivity contribution in [2.75, 3.05) is 39.6 Å². The summed E-state index contributed by atoms with van der Waals surface area (Å²) >= 11 is 0. The average molecular weight is 331 g/mol. The van der Waals surface area contributed by atoms with E-state index in [1.54, 1.807) is 31.0 Å². The number of methoxy groups -OCH3 is 1. The third kappa shape index (κ3) is 3.69. The van der Waals surface area contributed by atoms with Crippen LogP contribution in [0.25, 0.3) is 0 Å². The van der Waals surface area contributed by atoms with Gasteiger partial charge in [-0.05, 0) is 31.1 Å². The number of nitrogens with one attached hydrogen (secondary N) is 1. The predicted molar refractivity (Wildman–Crippen MR) is 94.1 cm³/mol. The number of hydrogen-bond donors (Lipinski definition) is 1. The van der Waals surface area contributed by atoms with Crippen LogP contribution in [0.2, 0.25) is 0 Å². The molecule has 0 spiro atoms. The SMILES string of the molecule is C=CC(=O)N1CCC(Nc2cccc(OC)c2)(C(=O)N(C)C)CC1. The highest BCUT2D eigenvalue weighted by Gasteiger charge is 2.43. The summed E-state index contributed by atoms with van der Waals surface area (Å²) < 4.78 is 5.25. The Morgan fingerprint density at radius 2 is 2.00 bits per heavy atom. The Morgan fingerprint density at radius 1 is 1.33 bits per heavy atom. The molecule has 130 valence electrons. The van der Waals surface area contributed by atoms with Gasteiger partial charge in [0, 0.05) is 38.9 Å². The van der Waals surface area contributed by atoms with E-state index in [0.29, 0.717) is 25.9 Å². The van der Waals surface area contributed by atoms with Crippen LogP contribution in [0.5, 0.6) is 5.75 Å². The molecule has 2 rings (SSSR count). The molecule has 24 heavy (non-hydrogen) atoms. The molecule has 1 heterocycles. The molecular formula is C18H25N3O3. The van der Waals surface area contributed by atoms with Crippen molar-refractivity contribution in [1.82, 2.24) is 9.80 Å². The lowest BCUT2D eigenvalue weighted by atomic mass is 9.85. The number of anilines is 1. The molecule has 6 nitrogen and oxygen atoms in total. The van der Waals surface area contributed by atoms with Crippen molar-refractivity contribution in [3.8, 4) is 5.75 Å². The van der Waals surface area contributed by atoms with Crippen LogP contribution >= 0.6 is 0 Å². The predicted octanol–water partition coefficient (Wildman–Crippen LogP) is 1.74. The number of likely N-dealkylation sites (N-methyl/N-ethyl adjacent to an activating group) is 1. The molecule has 1 aromatic carbocycles. The van der Waals surface area contributed by atoms with Gasteiger partial charge in [0.25, 0.3) is 0 Å². The summed E-state index contributed by atoms with van der Waals surface area (Å²) in [6, 6.07) is 7.52. The maximum atomic E-state index is 12.8. The molecule has 6 heteroatoms. The molecule has 1 saturated heterocycles. The number of carbonyl (C=O) groups is 2. The number of piperidine rings is 1. The minimum Gasteiger partial charge on any atom is -0.497 e. The van der Waals surface area contributed by atoms with E-state index in [-0.39, 0.29) is 11.8 Å². The van der Waals surface area contributed by atoms with E-state index in [1.807, 2.05) is 24.3 Å². The molecule has 1 aliphatic heterocycles. The third-order valence-electron chi connectivity index (χ3n) is 4.37. The van der Waals surface area contributed by atoms with Crippen LogP contribution in [0.15, 0.2) is 36.9 Å². The zero-order valence-corrected chi connectivity index (χ0v) is 14.5. The summed E-state index contributed by atoms with van der Waals surface area (Å²) in [6.07, 6.45) is 2.40. The number of carbonyl (C=O) groups excluding carboxylic acids is 2. The average Bonchev–Trinajstić information content (AvgIpc) is 2.61. The minimum atomic E-state index is -0.728. The van der Waals surface area contributed by atoms with Crippen LogP contribution in [0.1, 0.15) is 12.8 Å². The number of nitrogens with zero attached hydrogens (tertiary/aromatic N) is 2. The van der Waals surface area contributed by atoms with Gasteiger partial charge in [-0.3, -0.25) is 9.59 Å². The largest absolute Gasteiger partial charge is 0.497 e. The van der Waals surface area contributed by atoms with Gasteiger partial charge >= 0.3 is 0 Å². The van der Waals surface area contributed by atoms with Crippen LogP contribution < -0.4 is 10.1 Å². The maximum absolute atomic E-state index is 12.8. The third-order valence-corrected chi connectivity index (χ3v) is 4.37. The van der Waals surface area contributed by atoms with Crippen LogP contribution in [-0.2, 0) is 9.59 Å². The Balaban J connectivity index is 2.24. The quantitative estimate of drug-likeness (QED) is 0.835. The Morgan fingerprint density at radius 3 is 2.54 bits per heavy atom. The maximum Gasteiger partial charge on any atom is 0.247 e. The van der Waals surface area contributed by atoms with Gasteiger partial charge in [-0.1, -0.05) is 12.6 Å². The first kappa shape index (κ1) is 17.8. The highest BCUT2D eigenvalue weighted by Crippen LogP contribution is 2.30. The first-order chi connectivity index (χ1) is 11.4. The lowest BCUT2D eigenvalue weighted by Gasteiger charge is -2.42. The fourth-order valence-electron chi connectivity index (χ4n) is 3.04. The summed E-state index contributed by atoms with van der Waals surface area (Å²) in [5.74, 6) is 0.644. The van der Waals surface area contributed by atoms with E-state index in [2.05, 4.69) is 11.9 Å². The van der Waals surface area contributed by atoms with E-state index in [0.717, 1.165) is 11.4 Å². The Labute approximate surface area is 143 Å². The second kappa shape index (κ2) is 7.38. The van der Waals surface area contributed by atoms with E-state index >= 15 is 0 Å². The van der Waals surface area contributed by atoms with Crippen molar-refractivity contribution >= 4 is 17.5 Å². The number of hydrogen-bond acceptors (Lipinski definition) is 4. The smallest absolute Gasteiger partial charge is 0.247 e. The van der Waals surface area contributed by atoms with Gasteiger partial charge in [-0.2, -0.15) is 0 Å². The van der Waals surface area contributed by atoms with Crippen LogP contribution in [0.4, 0.5) is 5.69 Å². The van der Waals surface area contributed by atoms with Crippen LogP contribution in [0, 0.1) is 0 Å². The monoisotopic (exact) mass is 331 g/mol. The molecule has 2 amide bonds. The van der Waals surface area contributed by atoms with E-state index in [4.69, 9.17) is 4.74 Å². The number of rotatable bonds is 5. The first-order valence-electron chi connectivity index (χ1n) is 7.97. The fraction of sp³-hybridized carbons (Fsp3) is 0.444. The summed E-state index contributed by atoms with van der Waals surface area (Å²) in [4.78, 5) is 28.0. The highest BCUT2D eigenvalue weighted by atomic mass is 16.5. The van der Waals surface area contributed by atoms with Gasteiger partial charge in [0.05, 0.1) is 7.11 Å². The first-order valence-corrected chi connectivity index (χ1v) is 7.97. The van der Waals surface area contributed by atoms with Gasteiger partial charge in [-0.25, -0.2) is 0 Å². The Hall–Kier alpha value is -2.50. The molecular weight excluding hydrogens is 306 g/mol. The lowest BCUT2D eigenvalue weighted by Crippen LogP contribution is -2.58. The molecule has 1 aliphatic rings. The van der Waals surface area contributed by atoms with Gasteiger partial charge in [0.1, 0.15) is 11.3 Å². The molecule has 0 saturated carbocycles. The Bertz CT molecular complexity index is 620. The van der Waals surface area contributed by atoms with Gasteiger partial charge in [0.2, 0.25) is 11.8 Å². The van der Waals surface area contributed by atoms with E-state index in [9.17, 15) is 9.59 Å². The molecule has 1 N–H and O–H groups in total. The minimum absolute atomic E-state index is 0.0102. The topological polar surface area (TPSA) is 61.9 Å². The normalized spacial score (nSPS) is 16.2. The zero-order chi connectivity index (χ0) is 17.7. The number of benzene rings is 1. The van der Waals surface area contributed by atoms with Gasteiger partial charge in [-0.15, -0.1) is 0 Å². The van der Waals surface area contributed by atoms with Crippen LogP contribution in [0.3, 0.4) is 0 Å². The molecule has 0 bridgehead atoms. The number of amides is 2. The van der Waals surface area contributed by atoms with Crippen molar-refractivity contribution in [2.24, 2.45) is 0 Å². The molecule has 1 aromatic rings. The number of likely N-dealkylation sites (tertiary alicyclic amines) is 1. The molecule has 1 fully saturated rings. The van der Waals surface area contributed by atoms with Crippen molar-refractivity contribution in [3.63, 3.8) is 0 Å². The molecule has 0 atom stereocenters. The molecule has 0 aliphatic carbocycles. The summed E-state index contributed by atoms with van der Waals surface area (Å²) in [7, 11) is 5.11. The lowest BCUT2D eigenvalue weighted by molar-refractivity contribution is -0.137. The van der Waals surface area contributed by atoms with Crippen molar-refractivity contribution in [1.29, 1.82) is 0 Å². The van der Waals surface area contributed by atoms with Crippen molar-refractivity contribution in [3.05, 3.63) is 36.9 Å². The fourth-order valence-corrected chi connectivity index (χ4v) is 3.04. The van der Waals surface area contributed by atoms with E-state index in [1.165, 1.54) is 6.08 Å². The van der Waals surface area contributed by atoms with Crippen molar-refractivity contribution < 1.29 is 14.3 Å². The summed E-state index contributed by atoms with van der Waals surface area (Å²) in [6.45, 7) is 4.56.